The monoisotopic (exact) mass is 324 g/mol. The van der Waals surface area contributed by atoms with E-state index in [1.54, 1.807) is 24.4 Å². The number of halogens is 1. The van der Waals surface area contributed by atoms with Crippen LogP contribution in [0.2, 0.25) is 0 Å². The second-order valence-corrected chi connectivity index (χ2v) is 5.64. The van der Waals surface area contributed by atoms with Crippen LogP contribution < -0.4 is 16.6 Å². The standard InChI is InChI=1S/C15H20N4O2.ClH/c1-10(2)15(3,9-16)18-13(20)11-8-17-12-6-4-5-7-19(12)14(11)21;/h4-8,10H,9,16H2,1-3H3,(H,18,20);1H. The molecule has 0 aromatic carbocycles. The Kier molecular flexibility index (Phi) is 5.68. The molecule has 1 atom stereocenters. The Morgan fingerprint density at radius 2 is 2.14 bits per heavy atom. The lowest BCUT2D eigenvalue weighted by molar-refractivity contribution is 0.0881. The van der Waals surface area contributed by atoms with Crippen molar-refractivity contribution in [3.63, 3.8) is 0 Å². The molecule has 3 N–H and O–H groups in total. The summed E-state index contributed by atoms with van der Waals surface area (Å²) in [4.78, 5) is 28.8. The number of carbonyl (C=O) groups excluding carboxylic acids is 1. The predicted octanol–water partition coefficient (Wildman–Crippen LogP) is 1.22. The SMILES string of the molecule is CC(C)C(C)(CN)NC(=O)c1cnc2ccccn2c1=O.Cl. The highest BCUT2D eigenvalue weighted by Crippen LogP contribution is 2.15. The number of nitrogens with two attached hydrogens (primary N) is 1. The Morgan fingerprint density at radius 3 is 2.73 bits per heavy atom. The van der Waals surface area contributed by atoms with E-state index >= 15 is 0 Å². The van der Waals surface area contributed by atoms with Gasteiger partial charge in [0.25, 0.3) is 11.5 Å². The van der Waals surface area contributed by atoms with Gasteiger partial charge in [0, 0.05) is 18.9 Å². The van der Waals surface area contributed by atoms with Crippen LogP contribution in [0.15, 0.2) is 35.4 Å². The molecule has 0 aliphatic heterocycles. The van der Waals surface area contributed by atoms with Crippen LogP contribution in [0.5, 0.6) is 0 Å². The second-order valence-electron chi connectivity index (χ2n) is 5.64. The molecular formula is C15H21ClN4O2. The van der Waals surface area contributed by atoms with Gasteiger partial charge in [0.15, 0.2) is 0 Å². The molecule has 1 amide bonds. The van der Waals surface area contributed by atoms with Crippen molar-refractivity contribution in [1.29, 1.82) is 0 Å². The largest absolute Gasteiger partial charge is 0.345 e. The van der Waals surface area contributed by atoms with E-state index in [-0.39, 0.29) is 29.4 Å². The number of nitrogens with zero attached hydrogens (tertiary/aromatic N) is 2. The summed E-state index contributed by atoms with van der Waals surface area (Å²) in [5, 5.41) is 2.85. The molecule has 0 bridgehead atoms. The maximum atomic E-state index is 12.4. The minimum atomic E-state index is -0.570. The molecule has 0 aliphatic carbocycles. The van der Waals surface area contributed by atoms with Gasteiger partial charge in [-0.2, -0.15) is 0 Å². The fourth-order valence-electron chi connectivity index (χ4n) is 1.94. The molecule has 2 heterocycles. The lowest BCUT2D eigenvalue weighted by Crippen LogP contribution is -2.55. The van der Waals surface area contributed by atoms with Gasteiger partial charge in [0.1, 0.15) is 11.2 Å². The van der Waals surface area contributed by atoms with E-state index in [1.165, 1.54) is 10.6 Å². The van der Waals surface area contributed by atoms with Gasteiger partial charge < -0.3 is 11.1 Å². The smallest absolute Gasteiger partial charge is 0.270 e. The van der Waals surface area contributed by atoms with E-state index in [0.717, 1.165) is 0 Å². The summed E-state index contributed by atoms with van der Waals surface area (Å²) in [6.07, 6.45) is 2.90. The van der Waals surface area contributed by atoms with Crippen LogP contribution in [0.25, 0.3) is 5.65 Å². The fourth-order valence-corrected chi connectivity index (χ4v) is 1.94. The van der Waals surface area contributed by atoms with Crippen molar-refractivity contribution in [2.24, 2.45) is 11.7 Å². The molecule has 0 aliphatic rings. The van der Waals surface area contributed by atoms with Gasteiger partial charge in [0.2, 0.25) is 0 Å². The van der Waals surface area contributed by atoms with E-state index in [2.05, 4.69) is 10.3 Å². The summed E-state index contributed by atoms with van der Waals surface area (Å²) in [7, 11) is 0. The number of fused-ring (bicyclic) bond motifs is 1. The van der Waals surface area contributed by atoms with Gasteiger partial charge in [-0.15, -0.1) is 12.4 Å². The Balaban J connectivity index is 0.00000242. The maximum Gasteiger partial charge on any atom is 0.270 e. The topological polar surface area (TPSA) is 89.5 Å². The zero-order chi connectivity index (χ0) is 15.6. The zero-order valence-corrected chi connectivity index (χ0v) is 13.7. The van der Waals surface area contributed by atoms with Crippen molar-refractivity contribution < 1.29 is 4.79 Å². The van der Waals surface area contributed by atoms with E-state index < -0.39 is 11.4 Å². The number of carbonyl (C=O) groups is 1. The van der Waals surface area contributed by atoms with Crippen LogP contribution in [0, 0.1) is 5.92 Å². The van der Waals surface area contributed by atoms with Gasteiger partial charge in [-0.3, -0.25) is 14.0 Å². The van der Waals surface area contributed by atoms with Crippen LogP contribution in [-0.2, 0) is 0 Å². The van der Waals surface area contributed by atoms with E-state index in [1.807, 2.05) is 20.8 Å². The maximum absolute atomic E-state index is 12.4. The highest BCUT2D eigenvalue weighted by atomic mass is 35.5. The van der Waals surface area contributed by atoms with Gasteiger partial charge in [-0.1, -0.05) is 19.9 Å². The first-order valence-electron chi connectivity index (χ1n) is 6.88. The fraction of sp³-hybridized carbons (Fsp3) is 0.400. The molecular weight excluding hydrogens is 304 g/mol. The van der Waals surface area contributed by atoms with Crippen LogP contribution in [0.1, 0.15) is 31.1 Å². The third-order valence-corrected chi connectivity index (χ3v) is 3.96. The molecule has 7 heteroatoms. The molecule has 0 spiro atoms. The minimum absolute atomic E-state index is 0. The molecule has 22 heavy (non-hydrogen) atoms. The van der Waals surface area contributed by atoms with Gasteiger partial charge >= 0.3 is 0 Å². The molecule has 0 fully saturated rings. The first kappa shape index (κ1) is 18.1. The summed E-state index contributed by atoms with van der Waals surface area (Å²) >= 11 is 0. The van der Waals surface area contributed by atoms with Crippen LogP contribution in [0.4, 0.5) is 0 Å². The van der Waals surface area contributed by atoms with Gasteiger partial charge in [0.05, 0.1) is 5.54 Å². The number of aromatic nitrogens is 2. The Hall–Kier alpha value is -1.92. The number of pyridine rings is 1. The van der Waals surface area contributed by atoms with Crippen molar-refractivity contribution >= 4 is 24.0 Å². The molecule has 2 aromatic rings. The van der Waals surface area contributed by atoms with Crippen molar-refractivity contribution in [1.82, 2.24) is 14.7 Å². The summed E-state index contributed by atoms with van der Waals surface area (Å²) < 4.78 is 1.35. The highest BCUT2D eigenvalue weighted by molar-refractivity contribution is 5.94. The van der Waals surface area contributed by atoms with Crippen molar-refractivity contribution in [2.75, 3.05) is 6.54 Å². The van der Waals surface area contributed by atoms with E-state index in [0.29, 0.717) is 12.2 Å². The normalized spacial score (nSPS) is 13.5. The number of nitrogens with one attached hydrogen (secondary N) is 1. The number of rotatable bonds is 4. The van der Waals surface area contributed by atoms with Crippen LogP contribution >= 0.6 is 12.4 Å². The number of amides is 1. The summed E-state index contributed by atoms with van der Waals surface area (Å²) in [6.45, 7) is 6.09. The molecule has 6 nitrogen and oxygen atoms in total. The number of hydrogen-bond donors (Lipinski definition) is 2. The zero-order valence-electron chi connectivity index (χ0n) is 12.9. The lowest BCUT2D eigenvalue weighted by Gasteiger charge is -2.33. The minimum Gasteiger partial charge on any atom is -0.345 e. The average molecular weight is 325 g/mol. The molecule has 2 rings (SSSR count). The highest BCUT2D eigenvalue weighted by Gasteiger charge is 2.29. The second kappa shape index (κ2) is 6.89. The molecule has 1 unspecified atom stereocenters. The Bertz CT molecular complexity index is 729. The average Bonchev–Trinajstić information content (AvgIpc) is 2.47. The third kappa shape index (κ3) is 3.28. The van der Waals surface area contributed by atoms with Crippen molar-refractivity contribution in [2.45, 2.75) is 26.3 Å². The van der Waals surface area contributed by atoms with Gasteiger partial charge in [-0.05, 0) is 25.0 Å². The number of hydrogen-bond acceptors (Lipinski definition) is 4. The van der Waals surface area contributed by atoms with Crippen molar-refractivity contribution in [3.05, 3.63) is 46.5 Å². The lowest BCUT2D eigenvalue weighted by atomic mass is 9.88. The predicted molar refractivity (Wildman–Crippen MR) is 88.5 cm³/mol. The van der Waals surface area contributed by atoms with Crippen LogP contribution in [0.3, 0.4) is 0 Å². The molecule has 0 radical (unpaired) electrons. The molecule has 120 valence electrons. The Morgan fingerprint density at radius 1 is 1.45 bits per heavy atom. The Labute approximate surface area is 135 Å². The first-order valence-corrected chi connectivity index (χ1v) is 6.88. The van der Waals surface area contributed by atoms with Crippen LogP contribution in [-0.4, -0.2) is 27.4 Å². The third-order valence-electron chi connectivity index (χ3n) is 3.96. The van der Waals surface area contributed by atoms with E-state index in [4.69, 9.17) is 5.73 Å². The molecule has 0 saturated carbocycles. The summed E-state index contributed by atoms with van der Waals surface area (Å²) in [6, 6.07) is 5.21. The first-order chi connectivity index (χ1) is 9.89. The van der Waals surface area contributed by atoms with E-state index in [9.17, 15) is 9.59 Å². The van der Waals surface area contributed by atoms with Gasteiger partial charge in [-0.25, -0.2) is 4.98 Å². The molecule has 0 saturated heterocycles. The molecule has 2 aromatic heterocycles. The summed E-state index contributed by atoms with van der Waals surface area (Å²) in [5.74, 6) is -0.310. The quantitative estimate of drug-likeness (QED) is 0.885. The summed E-state index contributed by atoms with van der Waals surface area (Å²) in [5.41, 5.74) is 5.31. The van der Waals surface area contributed by atoms with Crippen molar-refractivity contribution in [3.8, 4) is 0 Å².